The van der Waals surface area contributed by atoms with Crippen LogP contribution in [0.25, 0.3) is 16.9 Å². The second-order valence-corrected chi connectivity index (χ2v) is 10.8. The lowest BCUT2D eigenvalue weighted by atomic mass is 10.1. The summed E-state index contributed by atoms with van der Waals surface area (Å²) in [6.45, 7) is 0.837. The van der Waals surface area contributed by atoms with Crippen LogP contribution in [0.3, 0.4) is 0 Å². The van der Waals surface area contributed by atoms with Gasteiger partial charge in [0.05, 0.1) is 16.8 Å². The minimum Gasteiger partial charge on any atom is -0.404 e. The third-order valence-corrected chi connectivity index (χ3v) is 8.00. The Labute approximate surface area is 219 Å². The molecule has 0 spiro atoms. The average Bonchev–Trinajstić information content (AvgIpc) is 3.55. The van der Waals surface area contributed by atoms with Crippen LogP contribution in [0.1, 0.15) is 18.5 Å². The number of hydrogen-bond donors (Lipinski definition) is 1. The van der Waals surface area contributed by atoms with E-state index in [2.05, 4.69) is 15.4 Å². The normalized spacial score (nSPS) is 14.6. The first kappa shape index (κ1) is 25.9. The van der Waals surface area contributed by atoms with E-state index in [1.165, 1.54) is 52.8 Å². The zero-order valence-corrected chi connectivity index (χ0v) is 21.0. The smallest absolute Gasteiger partial charge is 0.404 e. The van der Waals surface area contributed by atoms with E-state index in [0.29, 0.717) is 28.2 Å². The Morgan fingerprint density at radius 3 is 2.45 bits per heavy atom. The molecule has 0 aliphatic carbocycles. The Bertz CT molecular complexity index is 1620. The average molecular weight is 566 g/mol. The number of anilines is 1. The Hall–Kier alpha value is -3.68. The van der Waals surface area contributed by atoms with Crippen molar-refractivity contribution in [1.29, 1.82) is 0 Å². The summed E-state index contributed by atoms with van der Waals surface area (Å²) in [6, 6.07) is 12.5. The zero-order chi connectivity index (χ0) is 27.1. The van der Waals surface area contributed by atoms with Crippen molar-refractivity contribution in [2.45, 2.75) is 23.9 Å². The number of alkyl halides is 3. The van der Waals surface area contributed by atoms with Gasteiger partial charge in [-0.2, -0.15) is 22.6 Å². The van der Waals surface area contributed by atoms with E-state index >= 15 is 0 Å². The molecule has 0 saturated carbocycles. The molecule has 1 amide bonds. The molecule has 5 rings (SSSR count). The molecule has 14 heteroatoms. The Balaban J connectivity index is 1.43. The maximum Gasteiger partial charge on any atom is 0.433 e. The van der Waals surface area contributed by atoms with E-state index in [9.17, 15) is 26.4 Å². The summed E-state index contributed by atoms with van der Waals surface area (Å²) < 4.78 is 74.2. The predicted molar refractivity (Wildman–Crippen MR) is 133 cm³/mol. The number of hydrogen-bond acceptors (Lipinski definition) is 6. The highest BCUT2D eigenvalue weighted by Gasteiger charge is 2.36. The number of nitrogens with one attached hydrogen (secondary N) is 1. The van der Waals surface area contributed by atoms with Crippen LogP contribution in [0, 0.1) is 0 Å². The molecule has 2 aromatic heterocycles. The van der Waals surface area contributed by atoms with Crippen molar-refractivity contribution in [3.63, 3.8) is 0 Å². The molecule has 0 bridgehead atoms. The molecule has 1 N–H and O–H groups in total. The van der Waals surface area contributed by atoms with Gasteiger partial charge in [-0.25, -0.2) is 22.7 Å². The van der Waals surface area contributed by atoms with Crippen molar-refractivity contribution >= 4 is 39.1 Å². The molecule has 4 aromatic rings. The van der Waals surface area contributed by atoms with E-state index in [1.54, 1.807) is 0 Å². The lowest BCUT2D eigenvalue weighted by Crippen LogP contribution is -2.28. The van der Waals surface area contributed by atoms with Gasteiger partial charge in [-0.1, -0.05) is 29.8 Å². The van der Waals surface area contributed by atoms with Crippen LogP contribution in [0.2, 0.25) is 5.02 Å². The largest absolute Gasteiger partial charge is 0.433 e. The monoisotopic (exact) mass is 565 g/mol. The number of benzene rings is 2. The van der Waals surface area contributed by atoms with Gasteiger partial charge in [-0.15, -0.1) is 0 Å². The number of halogens is 4. The van der Waals surface area contributed by atoms with Crippen LogP contribution < -0.4 is 10.1 Å². The standard InChI is InChI=1S/C24H19ClF3N5O4S/c25-16-8-6-15(7-9-16)19-13-21(24(26,27)28)33-22(31-19)20(14-29-33)37-23(34)30-17-4-3-5-18(12-17)38(35,36)32-10-1-2-11-32/h3-9,12-14H,1-2,10-11H2,(H,30,34). The molecule has 1 aliphatic rings. The summed E-state index contributed by atoms with van der Waals surface area (Å²) in [5.74, 6) is -0.329. The van der Waals surface area contributed by atoms with Crippen molar-refractivity contribution in [3.05, 3.63) is 71.5 Å². The second kappa shape index (κ2) is 9.89. The molecule has 1 fully saturated rings. The first-order valence-electron chi connectivity index (χ1n) is 11.3. The molecule has 38 heavy (non-hydrogen) atoms. The van der Waals surface area contributed by atoms with Gasteiger partial charge >= 0.3 is 12.3 Å². The van der Waals surface area contributed by atoms with Crippen LogP contribution >= 0.6 is 11.6 Å². The molecular weight excluding hydrogens is 547 g/mol. The number of carbonyl (C=O) groups is 1. The molecule has 9 nitrogen and oxygen atoms in total. The third kappa shape index (κ3) is 5.17. The van der Waals surface area contributed by atoms with Crippen LogP contribution in [0.5, 0.6) is 5.75 Å². The quantitative estimate of drug-likeness (QED) is 0.344. The highest BCUT2D eigenvalue weighted by molar-refractivity contribution is 7.89. The SMILES string of the molecule is O=C(Nc1cccc(S(=O)(=O)N2CCCC2)c1)Oc1cnn2c(C(F)(F)F)cc(-c3ccc(Cl)cc3)nc12. The highest BCUT2D eigenvalue weighted by Crippen LogP contribution is 2.34. The van der Waals surface area contributed by atoms with Crippen LogP contribution in [0.4, 0.5) is 23.7 Å². The number of rotatable bonds is 5. The van der Waals surface area contributed by atoms with Gasteiger partial charge in [0.15, 0.2) is 17.1 Å². The number of carbonyl (C=O) groups excluding carboxylic acids is 1. The molecule has 0 atom stereocenters. The van der Waals surface area contributed by atoms with E-state index in [1.807, 2.05) is 0 Å². The first-order valence-corrected chi connectivity index (χ1v) is 13.2. The molecule has 3 heterocycles. The van der Waals surface area contributed by atoms with Crippen LogP contribution in [-0.2, 0) is 16.2 Å². The summed E-state index contributed by atoms with van der Waals surface area (Å²) in [6.07, 6.45) is -3.37. The van der Waals surface area contributed by atoms with Crippen molar-refractivity contribution in [2.24, 2.45) is 0 Å². The molecule has 1 saturated heterocycles. The number of amides is 1. The zero-order valence-electron chi connectivity index (χ0n) is 19.4. The minimum absolute atomic E-state index is 0.00252. The van der Waals surface area contributed by atoms with Crippen molar-refractivity contribution in [3.8, 4) is 17.0 Å². The fourth-order valence-corrected chi connectivity index (χ4v) is 5.73. The molecule has 2 aromatic carbocycles. The summed E-state index contributed by atoms with van der Waals surface area (Å²) in [7, 11) is -3.73. The lowest BCUT2D eigenvalue weighted by Gasteiger charge is -2.16. The van der Waals surface area contributed by atoms with Crippen molar-refractivity contribution < 1.29 is 31.1 Å². The maximum atomic E-state index is 13.8. The fraction of sp³-hybridized carbons (Fsp3) is 0.208. The predicted octanol–water partition coefficient (Wildman–Crippen LogP) is 5.46. The fourth-order valence-electron chi connectivity index (χ4n) is 4.04. The second-order valence-electron chi connectivity index (χ2n) is 8.43. The summed E-state index contributed by atoms with van der Waals surface area (Å²) in [5, 5.41) is 6.50. The summed E-state index contributed by atoms with van der Waals surface area (Å²) in [5.41, 5.74) is -1.02. The maximum absolute atomic E-state index is 13.8. The van der Waals surface area contributed by atoms with E-state index in [-0.39, 0.29) is 27.7 Å². The summed E-state index contributed by atoms with van der Waals surface area (Å²) in [4.78, 5) is 16.8. The van der Waals surface area contributed by atoms with Gasteiger partial charge in [0.25, 0.3) is 0 Å². The number of fused-ring (bicyclic) bond motifs is 1. The molecule has 198 valence electrons. The third-order valence-electron chi connectivity index (χ3n) is 5.86. The molecule has 1 aliphatic heterocycles. The molecule has 0 radical (unpaired) electrons. The molecule has 0 unspecified atom stereocenters. The van der Waals surface area contributed by atoms with Crippen molar-refractivity contribution in [2.75, 3.05) is 18.4 Å². The lowest BCUT2D eigenvalue weighted by molar-refractivity contribution is -0.142. The summed E-state index contributed by atoms with van der Waals surface area (Å²) >= 11 is 5.88. The minimum atomic E-state index is -4.78. The number of ether oxygens (including phenoxy) is 1. The van der Waals surface area contributed by atoms with E-state index in [0.717, 1.165) is 25.1 Å². The Kier molecular flexibility index (Phi) is 6.75. The van der Waals surface area contributed by atoms with Gasteiger partial charge in [-0.3, -0.25) is 5.32 Å². The van der Waals surface area contributed by atoms with Gasteiger partial charge in [-0.05, 0) is 49.2 Å². The number of aromatic nitrogens is 3. The number of sulfonamides is 1. The van der Waals surface area contributed by atoms with E-state index < -0.39 is 28.0 Å². The van der Waals surface area contributed by atoms with E-state index in [4.69, 9.17) is 16.3 Å². The Morgan fingerprint density at radius 2 is 1.76 bits per heavy atom. The van der Waals surface area contributed by atoms with Crippen LogP contribution in [0.15, 0.2) is 65.7 Å². The van der Waals surface area contributed by atoms with Gasteiger partial charge < -0.3 is 4.74 Å². The topological polar surface area (TPSA) is 106 Å². The Morgan fingerprint density at radius 1 is 1.05 bits per heavy atom. The molecular formula is C24H19ClF3N5O4S. The van der Waals surface area contributed by atoms with Gasteiger partial charge in [0, 0.05) is 29.4 Å². The number of nitrogens with zero attached hydrogens (tertiary/aromatic N) is 4. The van der Waals surface area contributed by atoms with Gasteiger partial charge in [0.2, 0.25) is 10.0 Å². The van der Waals surface area contributed by atoms with Crippen LogP contribution in [-0.4, -0.2) is 46.5 Å². The first-order chi connectivity index (χ1) is 18.0. The van der Waals surface area contributed by atoms with Crippen molar-refractivity contribution in [1.82, 2.24) is 18.9 Å². The van der Waals surface area contributed by atoms with Gasteiger partial charge in [0.1, 0.15) is 0 Å². The highest BCUT2D eigenvalue weighted by atomic mass is 35.5.